The quantitative estimate of drug-likeness (QED) is 0.871. The van der Waals surface area contributed by atoms with E-state index in [-0.39, 0.29) is 11.0 Å². The third-order valence-electron chi connectivity index (χ3n) is 3.84. The van der Waals surface area contributed by atoms with Crippen molar-refractivity contribution >= 4 is 15.5 Å². The average Bonchev–Trinajstić information content (AvgIpc) is 2.29. The summed E-state index contributed by atoms with van der Waals surface area (Å²) in [5, 5.41) is 0. The lowest BCUT2D eigenvalue weighted by molar-refractivity contribution is 0.102. The Balaban J connectivity index is 2.14. The summed E-state index contributed by atoms with van der Waals surface area (Å²) in [7, 11) is -3.23. The third kappa shape index (κ3) is 3.66. The summed E-state index contributed by atoms with van der Waals surface area (Å²) >= 11 is 0. The van der Waals surface area contributed by atoms with Crippen LogP contribution >= 0.6 is 0 Å². The SMILES string of the molecule is CC1CC(C)CC(Oc2ccc(S(C)(=O)=O)cc2N)C1. The molecule has 1 aromatic rings. The van der Waals surface area contributed by atoms with Crippen LogP contribution in [0, 0.1) is 11.8 Å². The summed E-state index contributed by atoms with van der Waals surface area (Å²) in [6.07, 6.45) is 4.63. The standard InChI is InChI=1S/C15H23NO3S/c1-10-6-11(2)8-12(7-10)19-15-5-4-13(9-14(15)16)20(3,17)18/h4-5,9-12H,6-8,16H2,1-3H3. The largest absolute Gasteiger partial charge is 0.488 e. The van der Waals surface area contributed by atoms with Gasteiger partial charge in [-0.05, 0) is 49.3 Å². The Morgan fingerprint density at radius 2 is 1.75 bits per heavy atom. The molecule has 1 saturated carbocycles. The summed E-state index contributed by atoms with van der Waals surface area (Å²) in [5.74, 6) is 1.89. The van der Waals surface area contributed by atoms with Crippen molar-refractivity contribution < 1.29 is 13.2 Å². The van der Waals surface area contributed by atoms with Crippen LogP contribution < -0.4 is 10.5 Å². The van der Waals surface area contributed by atoms with Crippen molar-refractivity contribution in [3.63, 3.8) is 0 Å². The zero-order valence-corrected chi connectivity index (χ0v) is 13.1. The van der Waals surface area contributed by atoms with Crippen LogP contribution in [0.3, 0.4) is 0 Å². The fourth-order valence-electron chi connectivity index (χ4n) is 3.01. The number of hydrogen-bond donors (Lipinski definition) is 1. The highest BCUT2D eigenvalue weighted by molar-refractivity contribution is 7.90. The molecule has 4 nitrogen and oxygen atoms in total. The van der Waals surface area contributed by atoms with Crippen LogP contribution in [0.2, 0.25) is 0 Å². The van der Waals surface area contributed by atoms with Gasteiger partial charge in [-0.1, -0.05) is 13.8 Å². The first-order chi connectivity index (χ1) is 9.25. The van der Waals surface area contributed by atoms with E-state index in [1.165, 1.54) is 18.7 Å². The molecule has 1 fully saturated rings. The van der Waals surface area contributed by atoms with Gasteiger partial charge in [0.2, 0.25) is 0 Å². The van der Waals surface area contributed by atoms with Gasteiger partial charge < -0.3 is 10.5 Å². The van der Waals surface area contributed by atoms with E-state index in [4.69, 9.17) is 10.5 Å². The number of anilines is 1. The maximum atomic E-state index is 11.5. The maximum Gasteiger partial charge on any atom is 0.175 e. The minimum atomic E-state index is -3.23. The predicted molar refractivity (Wildman–Crippen MR) is 80.6 cm³/mol. The van der Waals surface area contributed by atoms with E-state index in [9.17, 15) is 8.42 Å². The number of ether oxygens (including phenoxy) is 1. The molecule has 0 heterocycles. The van der Waals surface area contributed by atoms with Gasteiger partial charge in [0.05, 0.1) is 16.7 Å². The molecule has 0 spiro atoms. The van der Waals surface area contributed by atoms with E-state index in [1.807, 2.05) is 0 Å². The van der Waals surface area contributed by atoms with Gasteiger partial charge >= 0.3 is 0 Å². The van der Waals surface area contributed by atoms with Gasteiger partial charge in [0.15, 0.2) is 9.84 Å². The second-order valence-electron chi connectivity index (χ2n) is 6.13. The van der Waals surface area contributed by atoms with Gasteiger partial charge in [0, 0.05) is 6.26 Å². The monoisotopic (exact) mass is 297 g/mol. The van der Waals surface area contributed by atoms with Crippen molar-refractivity contribution in [3.05, 3.63) is 18.2 Å². The first kappa shape index (κ1) is 15.2. The molecule has 0 aliphatic heterocycles. The topological polar surface area (TPSA) is 69.4 Å². The third-order valence-corrected chi connectivity index (χ3v) is 4.95. The van der Waals surface area contributed by atoms with E-state index < -0.39 is 9.84 Å². The Kier molecular flexibility index (Phi) is 4.28. The Bertz CT molecular complexity index is 573. The molecule has 1 aliphatic carbocycles. The van der Waals surface area contributed by atoms with Crippen LogP contribution in [0.4, 0.5) is 5.69 Å². The smallest absolute Gasteiger partial charge is 0.175 e. The average molecular weight is 297 g/mol. The minimum Gasteiger partial charge on any atom is -0.488 e. The highest BCUT2D eigenvalue weighted by Gasteiger charge is 2.25. The molecule has 1 aliphatic rings. The van der Waals surface area contributed by atoms with E-state index in [1.54, 1.807) is 12.1 Å². The lowest BCUT2D eigenvalue weighted by Gasteiger charge is -2.32. The zero-order chi connectivity index (χ0) is 14.9. The van der Waals surface area contributed by atoms with Crippen LogP contribution in [-0.4, -0.2) is 20.8 Å². The van der Waals surface area contributed by atoms with Gasteiger partial charge in [-0.2, -0.15) is 0 Å². The Morgan fingerprint density at radius 3 is 2.25 bits per heavy atom. The normalized spacial score (nSPS) is 27.2. The number of hydrogen-bond acceptors (Lipinski definition) is 4. The summed E-state index contributed by atoms with van der Waals surface area (Å²) in [4.78, 5) is 0.229. The molecular weight excluding hydrogens is 274 g/mol. The summed E-state index contributed by atoms with van der Waals surface area (Å²) in [5.41, 5.74) is 6.30. The first-order valence-corrected chi connectivity index (χ1v) is 8.91. The molecule has 0 bridgehead atoms. The molecular formula is C15H23NO3S. The summed E-state index contributed by atoms with van der Waals surface area (Å²) < 4.78 is 28.9. The molecule has 2 rings (SSSR count). The second-order valence-corrected chi connectivity index (χ2v) is 8.14. The van der Waals surface area contributed by atoms with Gasteiger partial charge in [0.1, 0.15) is 5.75 Å². The zero-order valence-electron chi connectivity index (χ0n) is 12.3. The van der Waals surface area contributed by atoms with E-state index in [0.29, 0.717) is 23.3 Å². The summed E-state index contributed by atoms with van der Waals surface area (Å²) in [6, 6.07) is 4.69. The van der Waals surface area contributed by atoms with Crippen molar-refractivity contribution in [2.45, 2.75) is 44.1 Å². The van der Waals surface area contributed by atoms with Crippen LogP contribution in [-0.2, 0) is 9.84 Å². The molecule has 0 radical (unpaired) electrons. The highest BCUT2D eigenvalue weighted by Crippen LogP contribution is 2.33. The minimum absolute atomic E-state index is 0.167. The fourth-order valence-corrected chi connectivity index (χ4v) is 3.67. The van der Waals surface area contributed by atoms with Crippen molar-refractivity contribution in [2.24, 2.45) is 11.8 Å². The molecule has 20 heavy (non-hydrogen) atoms. The number of nitrogen functional groups attached to an aromatic ring is 1. The fraction of sp³-hybridized carbons (Fsp3) is 0.600. The van der Waals surface area contributed by atoms with Crippen LogP contribution in [0.15, 0.2) is 23.1 Å². The summed E-state index contributed by atoms with van der Waals surface area (Å²) in [6.45, 7) is 4.48. The van der Waals surface area contributed by atoms with Crippen molar-refractivity contribution in [3.8, 4) is 5.75 Å². The van der Waals surface area contributed by atoms with Gasteiger partial charge in [-0.25, -0.2) is 8.42 Å². The highest BCUT2D eigenvalue weighted by atomic mass is 32.2. The number of benzene rings is 1. The maximum absolute atomic E-state index is 11.5. The molecule has 112 valence electrons. The lowest BCUT2D eigenvalue weighted by atomic mass is 9.82. The molecule has 2 unspecified atom stereocenters. The number of nitrogens with two attached hydrogens (primary N) is 1. The molecule has 2 atom stereocenters. The molecule has 0 saturated heterocycles. The van der Waals surface area contributed by atoms with Crippen molar-refractivity contribution in [1.29, 1.82) is 0 Å². The van der Waals surface area contributed by atoms with Crippen molar-refractivity contribution in [1.82, 2.24) is 0 Å². The lowest BCUT2D eigenvalue weighted by Crippen LogP contribution is -2.28. The molecule has 1 aromatic carbocycles. The number of sulfone groups is 1. The van der Waals surface area contributed by atoms with Gasteiger partial charge in [-0.3, -0.25) is 0 Å². The van der Waals surface area contributed by atoms with E-state index >= 15 is 0 Å². The van der Waals surface area contributed by atoms with E-state index in [0.717, 1.165) is 12.8 Å². The second kappa shape index (κ2) is 5.64. The van der Waals surface area contributed by atoms with Crippen molar-refractivity contribution in [2.75, 3.05) is 12.0 Å². The van der Waals surface area contributed by atoms with E-state index in [2.05, 4.69) is 13.8 Å². The van der Waals surface area contributed by atoms with Crippen LogP contribution in [0.1, 0.15) is 33.1 Å². The van der Waals surface area contributed by atoms with Gasteiger partial charge in [0.25, 0.3) is 0 Å². The number of rotatable bonds is 3. The Morgan fingerprint density at radius 1 is 1.15 bits per heavy atom. The molecule has 5 heteroatoms. The Labute approximate surface area is 121 Å². The Hall–Kier alpha value is -1.23. The molecule has 0 aromatic heterocycles. The first-order valence-electron chi connectivity index (χ1n) is 7.02. The molecule has 2 N–H and O–H groups in total. The van der Waals surface area contributed by atoms with Crippen LogP contribution in [0.25, 0.3) is 0 Å². The van der Waals surface area contributed by atoms with Crippen LogP contribution in [0.5, 0.6) is 5.75 Å². The van der Waals surface area contributed by atoms with Gasteiger partial charge in [-0.15, -0.1) is 0 Å². The predicted octanol–water partition coefficient (Wildman–Crippen LogP) is 2.88. The molecule has 0 amide bonds.